The van der Waals surface area contributed by atoms with E-state index in [9.17, 15) is 13.2 Å². The number of benzene rings is 1. The van der Waals surface area contributed by atoms with Gasteiger partial charge >= 0.3 is 0 Å². The van der Waals surface area contributed by atoms with Crippen molar-refractivity contribution in [3.63, 3.8) is 0 Å². The van der Waals surface area contributed by atoms with E-state index in [4.69, 9.17) is 0 Å². The lowest BCUT2D eigenvalue weighted by atomic mass is 9.99. The van der Waals surface area contributed by atoms with E-state index in [1.54, 1.807) is 6.20 Å². The minimum absolute atomic E-state index is 0.157. The molecule has 122 valence electrons. The number of carbonyl (C=O) groups is 1. The summed E-state index contributed by atoms with van der Waals surface area (Å²) in [6, 6.07) is 9.55. The molecule has 6 nitrogen and oxygen atoms in total. The Morgan fingerprint density at radius 1 is 1.35 bits per heavy atom. The number of para-hydroxylation sites is 1. The number of fused-ring (bicyclic) bond motifs is 1. The summed E-state index contributed by atoms with van der Waals surface area (Å²) in [5.74, 6) is -0.486. The van der Waals surface area contributed by atoms with Crippen LogP contribution in [0.15, 0.2) is 36.5 Å². The van der Waals surface area contributed by atoms with Crippen LogP contribution >= 0.6 is 0 Å². The van der Waals surface area contributed by atoms with Crippen LogP contribution in [-0.2, 0) is 14.8 Å². The zero-order valence-corrected chi connectivity index (χ0v) is 13.7. The van der Waals surface area contributed by atoms with Crippen molar-refractivity contribution >= 4 is 32.5 Å². The summed E-state index contributed by atoms with van der Waals surface area (Å²) < 4.78 is 24.7. The predicted octanol–water partition coefficient (Wildman–Crippen LogP) is 1.84. The molecule has 1 fully saturated rings. The molecule has 1 unspecified atom stereocenters. The van der Waals surface area contributed by atoms with Gasteiger partial charge in [-0.3, -0.25) is 9.78 Å². The number of amides is 1. The van der Waals surface area contributed by atoms with Crippen molar-refractivity contribution in [3.05, 3.63) is 36.5 Å². The third kappa shape index (κ3) is 3.68. The first-order chi connectivity index (χ1) is 10.9. The van der Waals surface area contributed by atoms with Crippen LogP contribution < -0.4 is 5.32 Å². The molecule has 0 bridgehead atoms. The number of nitrogens with one attached hydrogen (secondary N) is 1. The van der Waals surface area contributed by atoms with Crippen molar-refractivity contribution in [2.75, 3.05) is 24.7 Å². The summed E-state index contributed by atoms with van der Waals surface area (Å²) >= 11 is 0. The number of anilines is 1. The molecular formula is C16H19N3O3S. The second-order valence-corrected chi connectivity index (χ2v) is 7.85. The summed E-state index contributed by atoms with van der Waals surface area (Å²) in [6.07, 6.45) is 4.19. The smallest absolute Gasteiger partial charge is 0.228 e. The Hall–Kier alpha value is -1.99. The van der Waals surface area contributed by atoms with Gasteiger partial charge in [-0.15, -0.1) is 0 Å². The van der Waals surface area contributed by atoms with Gasteiger partial charge in [-0.1, -0.05) is 18.2 Å². The minimum atomic E-state index is -3.25. The van der Waals surface area contributed by atoms with Gasteiger partial charge < -0.3 is 5.32 Å². The highest BCUT2D eigenvalue weighted by Gasteiger charge is 2.30. The molecule has 0 saturated carbocycles. The maximum absolute atomic E-state index is 12.4. The number of rotatable bonds is 3. The molecule has 0 radical (unpaired) electrons. The van der Waals surface area contributed by atoms with E-state index in [1.165, 1.54) is 10.6 Å². The van der Waals surface area contributed by atoms with E-state index in [0.29, 0.717) is 25.1 Å². The first-order valence-electron chi connectivity index (χ1n) is 7.54. The topological polar surface area (TPSA) is 79.4 Å². The molecular weight excluding hydrogens is 314 g/mol. The molecule has 1 aromatic carbocycles. The van der Waals surface area contributed by atoms with Crippen LogP contribution in [0.2, 0.25) is 0 Å². The molecule has 7 heteroatoms. The number of hydrogen-bond acceptors (Lipinski definition) is 4. The van der Waals surface area contributed by atoms with Crippen LogP contribution in [0.3, 0.4) is 0 Å². The number of pyridine rings is 1. The van der Waals surface area contributed by atoms with Gasteiger partial charge in [0.25, 0.3) is 0 Å². The Balaban J connectivity index is 1.72. The molecule has 1 aliphatic rings. The number of hydrogen-bond donors (Lipinski definition) is 1. The van der Waals surface area contributed by atoms with E-state index in [-0.39, 0.29) is 18.4 Å². The molecule has 2 heterocycles. The average molecular weight is 333 g/mol. The summed E-state index contributed by atoms with van der Waals surface area (Å²) in [7, 11) is -3.25. The van der Waals surface area contributed by atoms with Crippen LogP contribution in [0.1, 0.15) is 12.8 Å². The van der Waals surface area contributed by atoms with Crippen molar-refractivity contribution in [1.29, 1.82) is 0 Å². The van der Waals surface area contributed by atoms with E-state index < -0.39 is 10.0 Å². The molecule has 0 spiro atoms. The van der Waals surface area contributed by atoms with Gasteiger partial charge in [0, 0.05) is 18.5 Å². The molecule has 1 saturated heterocycles. The summed E-state index contributed by atoms with van der Waals surface area (Å²) in [5.41, 5.74) is 1.50. The van der Waals surface area contributed by atoms with Gasteiger partial charge in [-0.05, 0) is 25.0 Å². The number of nitrogens with zero attached hydrogens (tertiary/aromatic N) is 2. The van der Waals surface area contributed by atoms with Gasteiger partial charge in [0.15, 0.2) is 0 Å². The van der Waals surface area contributed by atoms with Crippen molar-refractivity contribution < 1.29 is 13.2 Å². The normalized spacial score (nSPS) is 19.6. The third-order valence-electron chi connectivity index (χ3n) is 4.08. The van der Waals surface area contributed by atoms with Crippen LogP contribution in [0.4, 0.5) is 5.69 Å². The average Bonchev–Trinajstić information content (AvgIpc) is 2.54. The molecule has 1 N–H and O–H groups in total. The Morgan fingerprint density at radius 3 is 2.91 bits per heavy atom. The summed E-state index contributed by atoms with van der Waals surface area (Å²) in [6.45, 7) is 0.728. The molecule has 3 rings (SSSR count). The number of carbonyl (C=O) groups excluding carboxylic acids is 1. The highest BCUT2D eigenvalue weighted by molar-refractivity contribution is 7.88. The van der Waals surface area contributed by atoms with E-state index in [0.717, 1.165) is 10.9 Å². The summed E-state index contributed by atoms with van der Waals surface area (Å²) in [5, 5.41) is 3.80. The van der Waals surface area contributed by atoms with E-state index >= 15 is 0 Å². The zero-order chi connectivity index (χ0) is 16.4. The first kappa shape index (κ1) is 15.9. The molecule has 1 amide bonds. The fourth-order valence-electron chi connectivity index (χ4n) is 2.84. The Labute approximate surface area is 135 Å². The van der Waals surface area contributed by atoms with Crippen molar-refractivity contribution in [2.24, 2.45) is 5.92 Å². The minimum Gasteiger partial charge on any atom is -0.324 e. The van der Waals surface area contributed by atoms with Crippen LogP contribution in [0, 0.1) is 5.92 Å². The predicted molar refractivity (Wildman–Crippen MR) is 89.5 cm³/mol. The lowest BCUT2D eigenvalue weighted by molar-refractivity contribution is -0.120. The molecule has 2 aromatic rings. The molecule has 1 aliphatic heterocycles. The molecule has 23 heavy (non-hydrogen) atoms. The number of aromatic nitrogens is 1. The lowest BCUT2D eigenvalue weighted by Gasteiger charge is -2.30. The van der Waals surface area contributed by atoms with Gasteiger partial charge in [0.1, 0.15) is 0 Å². The maximum atomic E-state index is 12.4. The summed E-state index contributed by atoms with van der Waals surface area (Å²) in [4.78, 5) is 16.7. The van der Waals surface area contributed by atoms with Gasteiger partial charge in [0.05, 0.1) is 29.6 Å². The van der Waals surface area contributed by atoms with Gasteiger partial charge in [0.2, 0.25) is 15.9 Å². The van der Waals surface area contributed by atoms with Crippen LogP contribution in [-0.4, -0.2) is 43.0 Å². The Kier molecular flexibility index (Phi) is 4.32. The monoisotopic (exact) mass is 333 g/mol. The maximum Gasteiger partial charge on any atom is 0.228 e. The molecule has 0 aliphatic carbocycles. The molecule has 1 aromatic heterocycles. The standard InChI is InChI=1S/C16H19N3O3S/c1-23(21,22)19-8-4-6-13(11-19)16(20)18-14-9-12-5-2-3-7-15(12)17-10-14/h2-3,5,7,9-10,13H,4,6,8,11H2,1H3,(H,18,20). The van der Waals surface area contributed by atoms with Gasteiger partial charge in [-0.2, -0.15) is 0 Å². The Bertz CT molecular complexity index is 835. The second-order valence-electron chi connectivity index (χ2n) is 5.87. The fraction of sp³-hybridized carbons (Fsp3) is 0.375. The van der Waals surface area contributed by atoms with E-state index in [1.807, 2.05) is 30.3 Å². The first-order valence-corrected chi connectivity index (χ1v) is 9.39. The number of sulfonamides is 1. The third-order valence-corrected chi connectivity index (χ3v) is 5.35. The van der Waals surface area contributed by atoms with Crippen molar-refractivity contribution in [2.45, 2.75) is 12.8 Å². The zero-order valence-electron chi connectivity index (χ0n) is 12.9. The van der Waals surface area contributed by atoms with E-state index in [2.05, 4.69) is 10.3 Å². The van der Waals surface area contributed by atoms with Gasteiger partial charge in [-0.25, -0.2) is 12.7 Å². The Morgan fingerprint density at radius 2 is 2.13 bits per heavy atom. The van der Waals surface area contributed by atoms with Crippen molar-refractivity contribution in [1.82, 2.24) is 9.29 Å². The van der Waals surface area contributed by atoms with Crippen molar-refractivity contribution in [3.8, 4) is 0 Å². The van der Waals surface area contributed by atoms with Crippen LogP contribution in [0.5, 0.6) is 0 Å². The lowest BCUT2D eigenvalue weighted by Crippen LogP contribution is -2.43. The SMILES string of the molecule is CS(=O)(=O)N1CCCC(C(=O)Nc2cnc3ccccc3c2)C1. The largest absolute Gasteiger partial charge is 0.324 e. The fourth-order valence-corrected chi connectivity index (χ4v) is 3.75. The highest BCUT2D eigenvalue weighted by Crippen LogP contribution is 2.21. The quantitative estimate of drug-likeness (QED) is 0.929. The van der Waals surface area contributed by atoms with Crippen LogP contribution in [0.25, 0.3) is 10.9 Å². The second kappa shape index (κ2) is 6.25. The molecule has 1 atom stereocenters. The highest BCUT2D eigenvalue weighted by atomic mass is 32.2. The number of piperidine rings is 1.